The van der Waals surface area contributed by atoms with Crippen LogP contribution in [0.4, 0.5) is 5.82 Å². The van der Waals surface area contributed by atoms with Gasteiger partial charge in [-0.25, -0.2) is 15.0 Å². The van der Waals surface area contributed by atoms with E-state index in [9.17, 15) is 9.69 Å². The normalized spacial score (nSPS) is 31.9. The minimum absolute atomic E-state index is 0. The molecule has 4 heterocycles. The first kappa shape index (κ1) is 22.0. The van der Waals surface area contributed by atoms with Gasteiger partial charge < -0.3 is 29.1 Å². The summed E-state index contributed by atoms with van der Waals surface area (Å²) in [5.74, 6) is -0.215. The minimum atomic E-state index is -3.67. The third kappa shape index (κ3) is 4.11. The summed E-state index contributed by atoms with van der Waals surface area (Å²) >= 11 is 4.83. The zero-order valence-electron chi connectivity index (χ0n) is 15.3. The Labute approximate surface area is 187 Å². The second kappa shape index (κ2) is 8.58. The molecular formula is C14H17N5NaO6PS. The molecule has 2 aromatic rings. The molecule has 146 valence electrons. The van der Waals surface area contributed by atoms with Crippen LogP contribution in [0, 0.1) is 0 Å². The molecule has 0 amide bonds. The summed E-state index contributed by atoms with van der Waals surface area (Å²) in [5, 5.41) is 0. The summed E-state index contributed by atoms with van der Waals surface area (Å²) in [6.07, 6.45) is 0.439. The Morgan fingerprint density at radius 1 is 1.50 bits per heavy atom. The van der Waals surface area contributed by atoms with Gasteiger partial charge in [0.25, 0.3) is 0 Å². The molecule has 2 aliphatic rings. The number of ether oxygens (including phenoxy) is 2. The van der Waals surface area contributed by atoms with Crippen molar-refractivity contribution in [3.05, 3.63) is 12.7 Å². The van der Waals surface area contributed by atoms with Gasteiger partial charge in [0.15, 0.2) is 23.8 Å². The van der Waals surface area contributed by atoms with Crippen LogP contribution in [0.1, 0.15) is 26.0 Å². The standard InChI is InChI=1S/C14H18N5O6PS.Na/c1-2-3-8(20)24-11-10-7(4-22-26(21,27)25-10)23-14(11)19-6-18-9-12(15)16-5-17-13(9)19;/h5-7,10-11,14H,2-4H2,1H3,(H,21,27)(H2,15,16,17);/q;+1/p-1/t7-,10-,11-,14-,26?;/m1./s1. The van der Waals surface area contributed by atoms with Crippen LogP contribution in [0.2, 0.25) is 0 Å². The van der Waals surface area contributed by atoms with Crippen molar-refractivity contribution in [2.75, 3.05) is 12.3 Å². The van der Waals surface area contributed by atoms with Gasteiger partial charge in [-0.2, -0.15) is 0 Å². The smallest absolute Gasteiger partial charge is 0.780 e. The first-order chi connectivity index (χ1) is 12.9. The number of rotatable bonds is 4. The molecular weight excluding hydrogens is 420 g/mol. The Balaban J connectivity index is 0.00000225. The van der Waals surface area contributed by atoms with E-state index >= 15 is 0 Å². The average molecular weight is 437 g/mol. The largest absolute Gasteiger partial charge is 1.00 e. The van der Waals surface area contributed by atoms with E-state index in [1.54, 1.807) is 4.57 Å². The van der Waals surface area contributed by atoms with E-state index in [0.717, 1.165) is 0 Å². The molecule has 2 aromatic heterocycles. The molecule has 14 heteroatoms. The van der Waals surface area contributed by atoms with Gasteiger partial charge in [0.2, 0.25) is 0 Å². The molecule has 1 unspecified atom stereocenters. The quantitative estimate of drug-likeness (QED) is 0.297. The van der Waals surface area contributed by atoms with Crippen LogP contribution in [-0.2, 0) is 35.1 Å². The van der Waals surface area contributed by atoms with E-state index in [0.29, 0.717) is 17.6 Å². The number of carbonyl (C=O) groups excluding carboxylic acids is 1. The number of nitrogens with two attached hydrogens (primary N) is 1. The molecule has 2 saturated heterocycles. The molecule has 11 nitrogen and oxygen atoms in total. The van der Waals surface area contributed by atoms with Crippen molar-refractivity contribution in [2.24, 2.45) is 0 Å². The van der Waals surface area contributed by atoms with Crippen LogP contribution in [0.5, 0.6) is 0 Å². The number of anilines is 1. The van der Waals surface area contributed by atoms with E-state index in [1.165, 1.54) is 12.7 Å². The number of nitrogens with zero attached hydrogens (tertiary/aromatic N) is 4. The van der Waals surface area contributed by atoms with Crippen LogP contribution in [0.15, 0.2) is 12.7 Å². The average Bonchev–Trinajstić information content (AvgIpc) is 3.17. The fourth-order valence-corrected chi connectivity index (χ4v) is 4.56. The number of esters is 1. The summed E-state index contributed by atoms with van der Waals surface area (Å²) in [6, 6.07) is 0. The van der Waals surface area contributed by atoms with E-state index < -0.39 is 37.2 Å². The van der Waals surface area contributed by atoms with Gasteiger partial charge in [0, 0.05) is 6.42 Å². The predicted octanol–water partition coefficient (Wildman–Crippen LogP) is -2.98. The molecule has 2 N–H and O–H groups in total. The maximum atomic E-state index is 12.1. The van der Waals surface area contributed by atoms with Crippen molar-refractivity contribution in [1.29, 1.82) is 0 Å². The second-order valence-corrected chi connectivity index (χ2v) is 8.87. The van der Waals surface area contributed by atoms with Crippen LogP contribution in [0.3, 0.4) is 0 Å². The summed E-state index contributed by atoms with van der Waals surface area (Å²) in [4.78, 5) is 36.5. The molecule has 0 radical (unpaired) electrons. The van der Waals surface area contributed by atoms with E-state index in [-0.39, 0.29) is 48.4 Å². The molecule has 2 aliphatic heterocycles. The van der Waals surface area contributed by atoms with Crippen molar-refractivity contribution in [1.82, 2.24) is 19.5 Å². The van der Waals surface area contributed by atoms with E-state index in [2.05, 4.69) is 15.0 Å². The van der Waals surface area contributed by atoms with E-state index in [4.69, 9.17) is 36.1 Å². The molecule has 0 aliphatic carbocycles. The van der Waals surface area contributed by atoms with Gasteiger partial charge >= 0.3 is 35.5 Å². The van der Waals surface area contributed by atoms with Crippen LogP contribution < -0.4 is 40.2 Å². The van der Waals surface area contributed by atoms with Crippen LogP contribution in [0.25, 0.3) is 11.2 Å². The molecule has 0 spiro atoms. The minimum Gasteiger partial charge on any atom is -0.780 e. The van der Waals surface area contributed by atoms with Crippen molar-refractivity contribution in [3.63, 3.8) is 0 Å². The monoisotopic (exact) mass is 437 g/mol. The fourth-order valence-electron chi connectivity index (χ4n) is 3.13. The van der Waals surface area contributed by atoms with Crippen molar-refractivity contribution >= 4 is 41.5 Å². The Morgan fingerprint density at radius 3 is 3.04 bits per heavy atom. The van der Waals surface area contributed by atoms with E-state index in [1.807, 2.05) is 6.92 Å². The number of imidazole rings is 1. The number of hydrogen-bond donors (Lipinski definition) is 1. The van der Waals surface area contributed by atoms with Gasteiger partial charge in [-0.15, -0.1) is 0 Å². The molecule has 0 bridgehead atoms. The van der Waals surface area contributed by atoms with Crippen LogP contribution in [-0.4, -0.2) is 50.4 Å². The molecule has 5 atom stereocenters. The number of hydrogen-bond acceptors (Lipinski definition) is 11. The Hall–Kier alpha value is -0.690. The van der Waals surface area contributed by atoms with Crippen molar-refractivity contribution in [3.8, 4) is 0 Å². The van der Waals surface area contributed by atoms with Crippen molar-refractivity contribution < 1.29 is 57.8 Å². The maximum absolute atomic E-state index is 12.1. The summed E-state index contributed by atoms with van der Waals surface area (Å²) in [7, 11) is 0. The molecule has 0 saturated carbocycles. The summed E-state index contributed by atoms with van der Waals surface area (Å²) in [6.45, 7) is -1.85. The maximum Gasteiger partial charge on any atom is 1.00 e. The topological polar surface area (TPSA) is 147 Å². The molecule has 2 fully saturated rings. The van der Waals surface area contributed by atoms with Gasteiger partial charge in [0.05, 0.1) is 12.9 Å². The molecule has 0 aromatic carbocycles. The Kier molecular flexibility index (Phi) is 6.75. The third-order valence-corrected chi connectivity index (χ3v) is 5.86. The van der Waals surface area contributed by atoms with Gasteiger partial charge in [-0.3, -0.25) is 9.36 Å². The number of nitrogen functional groups attached to an aromatic ring is 1. The fraction of sp³-hybridized carbons (Fsp3) is 0.571. The predicted molar refractivity (Wildman–Crippen MR) is 93.5 cm³/mol. The molecule has 28 heavy (non-hydrogen) atoms. The van der Waals surface area contributed by atoms with Crippen LogP contribution >= 0.6 is 6.72 Å². The number of fused-ring (bicyclic) bond motifs is 2. The molecule has 4 rings (SSSR count). The first-order valence-corrected chi connectivity index (χ1v) is 10.9. The SMILES string of the molecule is CCCC(=O)O[C@@H]1[C@@H]2OP([O-])(=S)OC[C@H]2O[C@H]1n1cnc2c(N)ncnc21.[Na+]. The third-order valence-electron chi connectivity index (χ3n) is 4.32. The van der Waals surface area contributed by atoms with Gasteiger partial charge in [-0.05, 0) is 6.42 Å². The van der Waals surface area contributed by atoms with Gasteiger partial charge in [-0.1, -0.05) is 18.7 Å². The summed E-state index contributed by atoms with van der Waals surface area (Å²) in [5.41, 5.74) is 6.62. The zero-order chi connectivity index (χ0) is 19.2. The zero-order valence-corrected chi connectivity index (χ0v) is 19.0. The van der Waals surface area contributed by atoms with Crippen molar-refractivity contribution in [2.45, 2.75) is 44.3 Å². The summed E-state index contributed by atoms with van der Waals surface area (Å²) < 4.78 is 23.6. The number of aromatic nitrogens is 4. The van der Waals surface area contributed by atoms with Gasteiger partial charge in [0.1, 0.15) is 30.8 Å². The second-order valence-electron chi connectivity index (χ2n) is 6.17. The Bertz CT molecular complexity index is 931. The Morgan fingerprint density at radius 2 is 2.29 bits per heavy atom. The first-order valence-electron chi connectivity index (χ1n) is 8.31. The number of carbonyl (C=O) groups is 1.